The third-order valence-corrected chi connectivity index (χ3v) is 3.24. The van der Waals surface area contributed by atoms with Gasteiger partial charge < -0.3 is 14.7 Å². The molecule has 0 spiro atoms. The van der Waals surface area contributed by atoms with Gasteiger partial charge in [-0.05, 0) is 37.6 Å². The summed E-state index contributed by atoms with van der Waals surface area (Å²) in [6.07, 6.45) is 0.0710. The number of benzene rings is 1. The van der Waals surface area contributed by atoms with E-state index >= 15 is 0 Å². The molecule has 0 radical (unpaired) electrons. The average Bonchev–Trinajstić information content (AvgIpc) is 2.74. The van der Waals surface area contributed by atoms with Crippen molar-refractivity contribution in [2.45, 2.75) is 20.3 Å². The Balaban J connectivity index is 2.21. The van der Waals surface area contributed by atoms with Crippen molar-refractivity contribution in [3.63, 3.8) is 0 Å². The summed E-state index contributed by atoms with van der Waals surface area (Å²) in [5.74, 6) is -0.887. The molecule has 1 aromatic carbocycles. The van der Waals surface area contributed by atoms with E-state index in [-0.39, 0.29) is 18.9 Å². The molecule has 1 unspecified atom stereocenters. The van der Waals surface area contributed by atoms with E-state index in [0.717, 1.165) is 17.0 Å². The molecule has 1 aliphatic heterocycles. The molecule has 1 aliphatic rings. The van der Waals surface area contributed by atoms with Crippen LogP contribution < -0.4 is 9.64 Å². The second-order valence-corrected chi connectivity index (χ2v) is 4.63. The molecule has 0 aromatic heterocycles. The Morgan fingerprint density at radius 1 is 1.53 bits per heavy atom. The maximum Gasteiger partial charge on any atom is 0.308 e. The van der Waals surface area contributed by atoms with Crippen LogP contribution in [0.5, 0.6) is 5.75 Å². The minimum Gasteiger partial charge on any atom is -0.494 e. The number of anilines is 1. The van der Waals surface area contributed by atoms with Crippen LogP contribution in [0, 0.1) is 12.8 Å². The van der Waals surface area contributed by atoms with Crippen LogP contribution in [0.4, 0.5) is 5.69 Å². The lowest BCUT2D eigenvalue weighted by atomic mass is 10.1. The summed E-state index contributed by atoms with van der Waals surface area (Å²) in [7, 11) is 0. The van der Waals surface area contributed by atoms with Gasteiger partial charge in [-0.2, -0.15) is 0 Å². The molecule has 1 heterocycles. The number of aliphatic carboxylic acids is 1. The van der Waals surface area contributed by atoms with Gasteiger partial charge in [-0.25, -0.2) is 0 Å². The molecule has 102 valence electrons. The highest BCUT2D eigenvalue weighted by Gasteiger charge is 2.35. The van der Waals surface area contributed by atoms with Gasteiger partial charge in [0.25, 0.3) is 0 Å². The van der Waals surface area contributed by atoms with Gasteiger partial charge >= 0.3 is 5.97 Å². The molecule has 5 nitrogen and oxygen atoms in total. The monoisotopic (exact) mass is 263 g/mol. The van der Waals surface area contributed by atoms with Crippen LogP contribution in [0.1, 0.15) is 18.9 Å². The van der Waals surface area contributed by atoms with E-state index in [4.69, 9.17) is 9.84 Å². The number of carbonyl (C=O) groups excluding carboxylic acids is 1. The molecule has 1 aromatic rings. The van der Waals surface area contributed by atoms with Crippen LogP contribution in [-0.2, 0) is 9.59 Å². The number of hydrogen-bond donors (Lipinski definition) is 1. The van der Waals surface area contributed by atoms with Gasteiger partial charge in [0.05, 0.1) is 12.5 Å². The van der Waals surface area contributed by atoms with Gasteiger partial charge in [0.15, 0.2) is 0 Å². The first-order chi connectivity index (χ1) is 9.02. The SMILES string of the molecule is CCOc1ccc(N2CC(C(=O)O)CC2=O)cc1C. The van der Waals surface area contributed by atoms with E-state index in [1.54, 1.807) is 6.07 Å². The first-order valence-corrected chi connectivity index (χ1v) is 6.29. The van der Waals surface area contributed by atoms with Gasteiger partial charge in [-0.1, -0.05) is 0 Å². The largest absolute Gasteiger partial charge is 0.494 e. The van der Waals surface area contributed by atoms with Crippen molar-refractivity contribution in [2.24, 2.45) is 5.92 Å². The van der Waals surface area contributed by atoms with Crippen LogP contribution in [0.25, 0.3) is 0 Å². The molecule has 0 saturated carbocycles. The van der Waals surface area contributed by atoms with Crippen LogP contribution in [0.2, 0.25) is 0 Å². The fraction of sp³-hybridized carbons (Fsp3) is 0.429. The number of hydrogen-bond acceptors (Lipinski definition) is 3. The minimum absolute atomic E-state index is 0.0710. The van der Waals surface area contributed by atoms with Crippen molar-refractivity contribution in [1.29, 1.82) is 0 Å². The lowest BCUT2D eigenvalue weighted by Crippen LogP contribution is -2.25. The zero-order valence-electron chi connectivity index (χ0n) is 11.0. The van der Waals surface area contributed by atoms with E-state index in [1.807, 2.05) is 26.0 Å². The summed E-state index contributed by atoms with van der Waals surface area (Å²) in [5.41, 5.74) is 1.67. The van der Waals surface area contributed by atoms with Gasteiger partial charge in [0.1, 0.15) is 5.75 Å². The molecule has 1 amide bonds. The Hall–Kier alpha value is -2.04. The maximum absolute atomic E-state index is 11.8. The lowest BCUT2D eigenvalue weighted by Gasteiger charge is -2.18. The number of nitrogens with zero attached hydrogens (tertiary/aromatic N) is 1. The highest BCUT2D eigenvalue weighted by Crippen LogP contribution is 2.29. The zero-order valence-corrected chi connectivity index (χ0v) is 11.0. The summed E-state index contributed by atoms with van der Waals surface area (Å²) >= 11 is 0. The summed E-state index contributed by atoms with van der Waals surface area (Å²) in [6, 6.07) is 5.46. The fourth-order valence-corrected chi connectivity index (χ4v) is 2.24. The van der Waals surface area contributed by atoms with Crippen molar-refractivity contribution in [3.05, 3.63) is 23.8 Å². The first kappa shape index (κ1) is 13.4. The average molecular weight is 263 g/mol. The van der Waals surface area contributed by atoms with Crippen LogP contribution in [-0.4, -0.2) is 30.1 Å². The molecule has 0 aliphatic carbocycles. The molecule has 19 heavy (non-hydrogen) atoms. The minimum atomic E-state index is -0.918. The number of amides is 1. The number of carbonyl (C=O) groups is 2. The standard InChI is InChI=1S/C14H17NO4/c1-3-19-12-5-4-11(6-9(12)2)15-8-10(14(17)18)7-13(15)16/h4-6,10H,3,7-8H2,1-2H3,(H,17,18). The van der Waals surface area contributed by atoms with E-state index in [1.165, 1.54) is 4.90 Å². The smallest absolute Gasteiger partial charge is 0.308 e. The molecule has 5 heteroatoms. The van der Waals surface area contributed by atoms with E-state index < -0.39 is 11.9 Å². The Morgan fingerprint density at radius 3 is 2.79 bits per heavy atom. The van der Waals surface area contributed by atoms with Crippen molar-refractivity contribution in [3.8, 4) is 5.75 Å². The summed E-state index contributed by atoms with van der Waals surface area (Å²) in [4.78, 5) is 24.3. The topological polar surface area (TPSA) is 66.8 Å². The van der Waals surface area contributed by atoms with Gasteiger partial charge in [0, 0.05) is 18.7 Å². The van der Waals surface area contributed by atoms with E-state index in [9.17, 15) is 9.59 Å². The van der Waals surface area contributed by atoms with E-state index in [0.29, 0.717) is 6.61 Å². The molecule has 1 saturated heterocycles. The summed E-state index contributed by atoms with van der Waals surface area (Å²) < 4.78 is 5.44. The molecule has 2 rings (SSSR count). The van der Waals surface area contributed by atoms with E-state index in [2.05, 4.69) is 0 Å². The van der Waals surface area contributed by atoms with Crippen molar-refractivity contribution < 1.29 is 19.4 Å². The van der Waals surface area contributed by atoms with Crippen LogP contribution in [0.3, 0.4) is 0 Å². The number of carboxylic acids is 1. The second kappa shape index (κ2) is 5.30. The first-order valence-electron chi connectivity index (χ1n) is 6.29. The van der Waals surface area contributed by atoms with Crippen LogP contribution in [0.15, 0.2) is 18.2 Å². The summed E-state index contributed by atoms with van der Waals surface area (Å²) in [6.45, 7) is 4.64. The predicted molar refractivity (Wildman–Crippen MR) is 70.4 cm³/mol. The lowest BCUT2D eigenvalue weighted by molar-refractivity contribution is -0.141. The second-order valence-electron chi connectivity index (χ2n) is 4.63. The van der Waals surface area contributed by atoms with Crippen molar-refractivity contribution in [2.75, 3.05) is 18.1 Å². The Labute approximate surface area is 111 Å². The summed E-state index contributed by atoms with van der Waals surface area (Å²) in [5, 5.41) is 8.97. The number of carboxylic acid groups (broad SMARTS) is 1. The molecule has 0 bridgehead atoms. The van der Waals surface area contributed by atoms with Gasteiger partial charge in [0.2, 0.25) is 5.91 Å². The maximum atomic E-state index is 11.8. The third kappa shape index (κ3) is 2.70. The normalized spacial score (nSPS) is 18.7. The number of rotatable bonds is 4. The fourth-order valence-electron chi connectivity index (χ4n) is 2.24. The zero-order chi connectivity index (χ0) is 14.0. The van der Waals surface area contributed by atoms with Gasteiger partial charge in [-0.3, -0.25) is 9.59 Å². The molecular weight excluding hydrogens is 246 g/mol. The number of ether oxygens (including phenoxy) is 1. The highest BCUT2D eigenvalue weighted by molar-refractivity contribution is 5.99. The molecule has 1 N–H and O–H groups in total. The predicted octanol–water partition coefficient (Wildman–Crippen LogP) is 1.83. The molecular formula is C14H17NO4. The van der Waals surface area contributed by atoms with Crippen LogP contribution >= 0.6 is 0 Å². The quantitative estimate of drug-likeness (QED) is 0.900. The van der Waals surface area contributed by atoms with Crippen molar-refractivity contribution in [1.82, 2.24) is 0 Å². The highest BCUT2D eigenvalue weighted by atomic mass is 16.5. The van der Waals surface area contributed by atoms with Gasteiger partial charge in [-0.15, -0.1) is 0 Å². The van der Waals surface area contributed by atoms with Crippen molar-refractivity contribution >= 4 is 17.6 Å². The molecule has 1 fully saturated rings. The molecule has 1 atom stereocenters. The number of aryl methyl sites for hydroxylation is 1. The Bertz CT molecular complexity index is 512. The Kier molecular flexibility index (Phi) is 3.74. The third-order valence-electron chi connectivity index (χ3n) is 3.24. The Morgan fingerprint density at radius 2 is 2.26 bits per heavy atom.